The Balaban J connectivity index is 1.26. The highest BCUT2D eigenvalue weighted by molar-refractivity contribution is 5.97. The van der Waals surface area contributed by atoms with Gasteiger partial charge in [0.1, 0.15) is 11.9 Å². The largest absolute Gasteiger partial charge is 0.480 e. The molecule has 2 aromatic carbocycles. The maximum absolute atomic E-state index is 13.0. The van der Waals surface area contributed by atoms with E-state index in [1.807, 2.05) is 0 Å². The van der Waals surface area contributed by atoms with E-state index in [9.17, 15) is 33.5 Å². The van der Waals surface area contributed by atoms with Gasteiger partial charge in [-0.25, -0.2) is 19.2 Å². The van der Waals surface area contributed by atoms with Crippen LogP contribution in [0.1, 0.15) is 39.3 Å². The maximum atomic E-state index is 13.0. The van der Waals surface area contributed by atoms with E-state index in [1.165, 1.54) is 30.5 Å². The average molecular weight is 577 g/mol. The van der Waals surface area contributed by atoms with E-state index in [1.54, 1.807) is 12.1 Å². The molecule has 0 radical (unpaired) electrons. The van der Waals surface area contributed by atoms with Crippen LogP contribution in [0.15, 0.2) is 59.5 Å². The Morgan fingerprint density at radius 2 is 1.62 bits per heavy atom. The molecule has 1 unspecified atom stereocenters. The monoisotopic (exact) mass is 576 g/mol. The SMILES string of the molecule is Nc1nc2ncc(CNc3ccc(C(=O)NC(CCC(=O)NNC(=O)c4ccc([18F])cc4)C(=O)O)cc3)nc2c(=O)[nH]1. The van der Waals surface area contributed by atoms with E-state index >= 15 is 0 Å². The number of rotatable bonds is 10. The Morgan fingerprint density at radius 1 is 0.952 bits per heavy atom. The van der Waals surface area contributed by atoms with Crippen molar-refractivity contribution in [2.24, 2.45) is 0 Å². The lowest BCUT2D eigenvalue weighted by molar-refractivity contribution is -0.139. The smallest absolute Gasteiger partial charge is 0.326 e. The van der Waals surface area contributed by atoms with Crippen molar-refractivity contribution < 1.29 is 28.7 Å². The first-order valence-electron chi connectivity index (χ1n) is 12.3. The number of halogens is 1. The first-order chi connectivity index (χ1) is 20.1. The van der Waals surface area contributed by atoms with Gasteiger partial charge in [-0.2, -0.15) is 4.98 Å². The third-order valence-electron chi connectivity index (χ3n) is 5.79. The van der Waals surface area contributed by atoms with E-state index in [4.69, 9.17) is 5.73 Å². The molecular weight excluding hydrogens is 552 g/mol. The number of hydrazine groups is 1. The summed E-state index contributed by atoms with van der Waals surface area (Å²) in [6.45, 7) is 0.200. The lowest BCUT2D eigenvalue weighted by Crippen LogP contribution is -2.44. The Kier molecular flexibility index (Phi) is 8.96. The first-order valence-corrected chi connectivity index (χ1v) is 12.3. The number of amides is 3. The molecule has 0 saturated carbocycles. The summed E-state index contributed by atoms with van der Waals surface area (Å²) in [4.78, 5) is 74.9. The molecule has 0 aliphatic rings. The normalized spacial score (nSPS) is 11.4. The molecule has 0 aliphatic carbocycles. The van der Waals surface area contributed by atoms with Crippen LogP contribution in [0, 0.1) is 5.82 Å². The summed E-state index contributed by atoms with van der Waals surface area (Å²) in [6, 6.07) is 9.37. The van der Waals surface area contributed by atoms with Crippen LogP contribution in [0.4, 0.5) is 16.0 Å². The van der Waals surface area contributed by atoms with Crippen LogP contribution in [-0.2, 0) is 16.1 Å². The molecule has 0 fully saturated rings. The molecule has 0 bridgehead atoms. The number of aromatic nitrogens is 4. The van der Waals surface area contributed by atoms with Crippen molar-refractivity contribution in [3.63, 3.8) is 0 Å². The summed E-state index contributed by atoms with van der Waals surface area (Å²) in [5, 5.41) is 14.9. The topological polar surface area (TPSA) is 234 Å². The number of nitrogens with two attached hydrogens (primary N) is 1. The molecule has 0 saturated heterocycles. The third-order valence-corrected chi connectivity index (χ3v) is 5.79. The average Bonchev–Trinajstić information content (AvgIpc) is 2.97. The summed E-state index contributed by atoms with van der Waals surface area (Å²) >= 11 is 0. The molecule has 42 heavy (non-hydrogen) atoms. The van der Waals surface area contributed by atoms with Crippen molar-refractivity contribution in [3.05, 3.63) is 87.7 Å². The lowest BCUT2D eigenvalue weighted by Gasteiger charge is -2.15. The molecule has 0 spiro atoms. The summed E-state index contributed by atoms with van der Waals surface area (Å²) in [5.74, 6) is -4.00. The molecule has 2 heterocycles. The first kappa shape index (κ1) is 29.1. The van der Waals surface area contributed by atoms with Gasteiger partial charge in [-0.15, -0.1) is 0 Å². The van der Waals surface area contributed by atoms with Gasteiger partial charge in [-0.1, -0.05) is 0 Å². The second-order valence-corrected chi connectivity index (χ2v) is 8.83. The fourth-order valence-corrected chi connectivity index (χ4v) is 3.63. The zero-order valence-electron chi connectivity index (χ0n) is 21.7. The number of nitrogens with zero attached hydrogens (tertiary/aromatic N) is 3. The van der Waals surface area contributed by atoms with E-state index in [0.717, 1.165) is 12.1 Å². The standard InChI is InChI=1S/C26H24FN9O6/c27-15-5-1-14(2-6-15)23(39)36-35-19(37)10-9-18(25(41)42)32-22(38)13-3-7-16(8-4-13)29-11-17-12-30-21-20(31-17)24(40)34-26(28)33-21/h1-8,12,18,29H,9-11H2,(H,32,38)(H,35,37)(H,36,39)(H,41,42)(H3,28,30,33,34,40)/i27-1. The van der Waals surface area contributed by atoms with Gasteiger partial charge in [-0.3, -0.25) is 35.0 Å². The van der Waals surface area contributed by atoms with Crippen LogP contribution in [0.25, 0.3) is 11.2 Å². The minimum absolute atomic E-state index is 0.0377. The molecule has 16 heteroatoms. The molecule has 4 aromatic rings. The number of nitrogen functional groups attached to an aromatic ring is 1. The number of carboxylic acid groups (broad SMARTS) is 1. The van der Waals surface area contributed by atoms with E-state index < -0.39 is 41.1 Å². The predicted molar refractivity (Wildman–Crippen MR) is 146 cm³/mol. The number of anilines is 2. The van der Waals surface area contributed by atoms with Crippen molar-refractivity contribution >= 4 is 46.5 Å². The lowest BCUT2D eigenvalue weighted by atomic mass is 10.1. The fraction of sp³-hybridized carbons (Fsp3) is 0.154. The number of benzene rings is 2. The summed E-state index contributed by atoms with van der Waals surface area (Å²) < 4.78 is 13.0. The van der Waals surface area contributed by atoms with Crippen LogP contribution in [0.2, 0.25) is 0 Å². The van der Waals surface area contributed by atoms with E-state index in [0.29, 0.717) is 11.4 Å². The summed E-state index contributed by atoms with van der Waals surface area (Å²) in [7, 11) is 0. The maximum Gasteiger partial charge on any atom is 0.326 e. The molecule has 8 N–H and O–H groups in total. The van der Waals surface area contributed by atoms with Crippen LogP contribution in [0.5, 0.6) is 0 Å². The molecule has 3 amide bonds. The Bertz CT molecular complexity index is 1690. The van der Waals surface area contributed by atoms with E-state index in [2.05, 4.69) is 41.4 Å². The Hall–Kier alpha value is -5.93. The number of carbonyl (C=O) groups excluding carboxylic acids is 3. The number of carbonyl (C=O) groups is 4. The Labute approximate surface area is 235 Å². The minimum atomic E-state index is -1.38. The Morgan fingerprint density at radius 3 is 2.31 bits per heavy atom. The van der Waals surface area contributed by atoms with Crippen molar-refractivity contribution in [2.75, 3.05) is 11.1 Å². The highest BCUT2D eigenvalue weighted by Gasteiger charge is 2.22. The summed E-state index contributed by atoms with van der Waals surface area (Å²) in [5.41, 5.74) is 10.7. The van der Waals surface area contributed by atoms with Gasteiger partial charge in [0.05, 0.1) is 18.4 Å². The molecule has 1 atom stereocenters. The predicted octanol–water partition coefficient (Wildman–Crippen LogP) is 0.471. The molecule has 2 aromatic heterocycles. The van der Waals surface area contributed by atoms with Gasteiger partial charge < -0.3 is 21.5 Å². The molecule has 216 valence electrons. The minimum Gasteiger partial charge on any atom is -0.480 e. The van der Waals surface area contributed by atoms with Crippen LogP contribution >= 0.6 is 0 Å². The van der Waals surface area contributed by atoms with Crippen LogP contribution < -0.4 is 32.8 Å². The van der Waals surface area contributed by atoms with Gasteiger partial charge in [0.25, 0.3) is 17.4 Å². The van der Waals surface area contributed by atoms with Crippen molar-refractivity contribution in [1.29, 1.82) is 0 Å². The van der Waals surface area contributed by atoms with Crippen molar-refractivity contribution in [3.8, 4) is 0 Å². The second-order valence-electron chi connectivity index (χ2n) is 8.83. The number of hydrogen-bond acceptors (Lipinski definition) is 10. The van der Waals surface area contributed by atoms with Gasteiger partial charge in [0.2, 0.25) is 11.9 Å². The number of fused-ring (bicyclic) bond motifs is 1. The highest BCUT2D eigenvalue weighted by Crippen LogP contribution is 2.12. The molecule has 4 rings (SSSR count). The number of hydrogen-bond donors (Lipinski definition) is 7. The van der Waals surface area contributed by atoms with Gasteiger partial charge in [0, 0.05) is 23.2 Å². The quantitative estimate of drug-likeness (QED) is 0.128. The number of H-pyrrole nitrogens is 1. The zero-order valence-corrected chi connectivity index (χ0v) is 21.7. The van der Waals surface area contributed by atoms with Crippen LogP contribution in [0.3, 0.4) is 0 Å². The van der Waals surface area contributed by atoms with Gasteiger partial charge in [-0.05, 0) is 55.0 Å². The van der Waals surface area contributed by atoms with Gasteiger partial charge in [0.15, 0.2) is 11.2 Å². The molecule has 0 aliphatic heterocycles. The number of aliphatic carboxylic acids is 1. The number of nitrogens with one attached hydrogen (secondary N) is 5. The molecule has 15 nitrogen and oxygen atoms in total. The van der Waals surface area contributed by atoms with Crippen molar-refractivity contribution in [1.82, 2.24) is 36.1 Å². The van der Waals surface area contributed by atoms with Crippen molar-refractivity contribution in [2.45, 2.75) is 25.4 Å². The van der Waals surface area contributed by atoms with Crippen LogP contribution in [-0.4, -0.2) is 54.8 Å². The third kappa shape index (κ3) is 7.59. The number of carboxylic acids is 1. The fourth-order valence-electron chi connectivity index (χ4n) is 3.63. The summed E-state index contributed by atoms with van der Waals surface area (Å²) in [6.07, 6.45) is 0.863. The number of aromatic amines is 1. The highest BCUT2D eigenvalue weighted by atomic mass is 18.2. The molecular formula is C26H24FN9O6. The second kappa shape index (κ2) is 12.9. The van der Waals surface area contributed by atoms with Gasteiger partial charge >= 0.3 is 5.97 Å². The zero-order chi connectivity index (χ0) is 30.2. The van der Waals surface area contributed by atoms with E-state index in [-0.39, 0.29) is 47.6 Å².